The standard InChI is InChI=1S/C38H42N6O6/c45-35(39-19-32(36(46)47)42-38(49)50-22-24-6-2-1-3-7-24)27-12-10-23(11-13-27)20-44(21-33-40-30-8-4-5-9-31(30)41-33)37(48)43-34-28-15-25-14-26(17-28)18-29(34)16-25/h1-13,25-26,28-29,32,34H,14-22H2,(H,39,45)(H,40,41)(H,42,49)(H,43,48)(H,46,47)/t25?,26?,28?,29?,32-,34?/m0/s1. The lowest BCUT2D eigenvalue weighted by atomic mass is 9.54. The molecule has 8 rings (SSSR count). The van der Waals surface area contributed by atoms with Crippen molar-refractivity contribution in [2.45, 2.75) is 63.9 Å². The molecule has 0 unspecified atom stereocenters. The second kappa shape index (κ2) is 14.6. The molecule has 0 saturated heterocycles. The zero-order valence-electron chi connectivity index (χ0n) is 27.7. The Morgan fingerprint density at radius 2 is 1.52 bits per heavy atom. The van der Waals surface area contributed by atoms with Gasteiger partial charge in [-0.25, -0.2) is 19.4 Å². The number of nitrogens with one attached hydrogen (secondary N) is 4. The van der Waals surface area contributed by atoms with E-state index in [9.17, 15) is 24.3 Å². The second-order valence-corrected chi connectivity index (χ2v) is 14.0. The number of carboxylic acids is 1. The molecule has 4 bridgehead atoms. The van der Waals surface area contributed by atoms with Gasteiger partial charge < -0.3 is 35.7 Å². The fourth-order valence-electron chi connectivity index (χ4n) is 8.24. The summed E-state index contributed by atoms with van der Waals surface area (Å²) >= 11 is 0. The van der Waals surface area contributed by atoms with Crippen LogP contribution in [0.4, 0.5) is 9.59 Å². The maximum atomic E-state index is 14.0. The van der Waals surface area contributed by atoms with Gasteiger partial charge in [-0.3, -0.25) is 4.79 Å². The molecule has 4 fully saturated rings. The number of carboxylic acid groups (broad SMARTS) is 1. The summed E-state index contributed by atoms with van der Waals surface area (Å²) in [6.07, 6.45) is 5.25. The number of imidazole rings is 1. The van der Waals surface area contributed by atoms with E-state index in [4.69, 9.17) is 9.72 Å². The van der Waals surface area contributed by atoms with Crippen LogP contribution in [0.5, 0.6) is 0 Å². The zero-order valence-corrected chi connectivity index (χ0v) is 27.7. The van der Waals surface area contributed by atoms with Crippen LogP contribution in [0.25, 0.3) is 11.0 Å². The van der Waals surface area contributed by atoms with E-state index in [0.29, 0.717) is 29.8 Å². The minimum absolute atomic E-state index is 0.0163. The molecule has 4 aromatic rings. The number of alkyl carbamates (subject to hydrolysis) is 1. The number of carbonyl (C=O) groups excluding carboxylic acids is 3. The SMILES string of the molecule is O=C(N[C@@H](CNC(=O)c1ccc(CN(Cc2nc3ccccc3[nH]2)C(=O)NC2C3CC4CC(C3)CC2C4)cc1)C(=O)O)OCc1ccccc1. The van der Waals surface area contributed by atoms with Crippen molar-refractivity contribution in [2.75, 3.05) is 6.54 Å². The lowest BCUT2D eigenvalue weighted by Gasteiger charge is -2.54. The molecule has 50 heavy (non-hydrogen) atoms. The van der Waals surface area contributed by atoms with Crippen LogP contribution in [0.3, 0.4) is 0 Å². The number of fused-ring (bicyclic) bond motifs is 1. The van der Waals surface area contributed by atoms with Crippen molar-refractivity contribution in [1.29, 1.82) is 0 Å². The zero-order chi connectivity index (χ0) is 34.6. The molecule has 260 valence electrons. The number of amides is 4. The van der Waals surface area contributed by atoms with Crippen LogP contribution in [-0.4, -0.2) is 62.6 Å². The van der Waals surface area contributed by atoms with Gasteiger partial charge in [-0.1, -0.05) is 54.6 Å². The molecule has 12 heteroatoms. The van der Waals surface area contributed by atoms with Gasteiger partial charge in [-0.05, 0) is 91.2 Å². The minimum atomic E-state index is -1.39. The molecule has 5 N–H and O–H groups in total. The molecule has 4 aliphatic carbocycles. The summed E-state index contributed by atoms with van der Waals surface area (Å²) in [5.74, 6) is 1.57. The quantitative estimate of drug-likeness (QED) is 0.137. The lowest BCUT2D eigenvalue weighted by Crippen LogP contribution is -2.57. The number of hydrogen-bond donors (Lipinski definition) is 5. The molecular weight excluding hydrogens is 636 g/mol. The van der Waals surface area contributed by atoms with Gasteiger partial charge in [-0.2, -0.15) is 0 Å². The molecule has 0 aliphatic heterocycles. The molecular formula is C38H42N6O6. The van der Waals surface area contributed by atoms with Crippen LogP contribution in [-0.2, 0) is 29.2 Å². The number of aromatic nitrogens is 2. The number of nitrogens with zero attached hydrogens (tertiary/aromatic N) is 2. The van der Waals surface area contributed by atoms with E-state index in [0.717, 1.165) is 34.0 Å². The normalized spacial score (nSPS) is 22.4. The molecule has 4 saturated carbocycles. The van der Waals surface area contributed by atoms with Gasteiger partial charge in [0.15, 0.2) is 0 Å². The number of aromatic amines is 1. The first-order chi connectivity index (χ1) is 24.3. The Hall–Kier alpha value is -5.39. The van der Waals surface area contributed by atoms with Crippen molar-refractivity contribution >= 4 is 35.0 Å². The molecule has 3 aromatic carbocycles. The Kier molecular flexibility index (Phi) is 9.68. The van der Waals surface area contributed by atoms with Gasteiger partial charge in [0.2, 0.25) is 0 Å². The molecule has 4 amide bonds. The third-order valence-electron chi connectivity index (χ3n) is 10.4. The molecule has 12 nitrogen and oxygen atoms in total. The summed E-state index contributed by atoms with van der Waals surface area (Å²) in [6, 6.07) is 22.3. The first-order valence-corrected chi connectivity index (χ1v) is 17.3. The van der Waals surface area contributed by atoms with Gasteiger partial charge in [0, 0.05) is 24.7 Å². The van der Waals surface area contributed by atoms with Crippen molar-refractivity contribution in [3.05, 3.63) is 101 Å². The number of urea groups is 1. The largest absolute Gasteiger partial charge is 0.480 e. The lowest BCUT2D eigenvalue weighted by molar-refractivity contribution is -0.139. The highest BCUT2D eigenvalue weighted by molar-refractivity contribution is 5.94. The van der Waals surface area contributed by atoms with Crippen LogP contribution >= 0.6 is 0 Å². The molecule has 4 aliphatic rings. The minimum Gasteiger partial charge on any atom is -0.480 e. The van der Waals surface area contributed by atoms with Gasteiger partial charge in [0.05, 0.1) is 17.6 Å². The fourth-order valence-corrected chi connectivity index (χ4v) is 8.24. The average molecular weight is 679 g/mol. The predicted octanol–water partition coefficient (Wildman–Crippen LogP) is 5.21. The Bertz CT molecular complexity index is 1780. The third kappa shape index (κ3) is 7.74. The highest BCUT2D eigenvalue weighted by Gasteiger charge is 2.49. The number of hydrogen-bond acceptors (Lipinski definition) is 6. The second-order valence-electron chi connectivity index (χ2n) is 14.0. The maximum Gasteiger partial charge on any atom is 0.408 e. The molecule has 1 heterocycles. The van der Waals surface area contributed by atoms with E-state index >= 15 is 0 Å². The van der Waals surface area contributed by atoms with Crippen molar-refractivity contribution in [3.8, 4) is 0 Å². The first kappa shape index (κ1) is 33.1. The van der Waals surface area contributed by atoms with Crippen molar-refractivity contribution in [3.63, 3.8) is 0 Å². The number of para-hydroxylation sites is 2. The first-order valence-electron chi connectivity index (χ1n) is 17.3. The topological polar surface area (TPSA) is 166 Å². The highest BCUT2D eigenvalue weighted by atomic mass is 16.5. The van der Waals surface area contributed by atoms with Gasteiger partial charge in [0.1, 0.15) is 18.5 Å². The third-order valence-corrected chi connectivity index (χ3v) is 10.4. The predicted molar refractivity (Wildman–Crippen MR) is 185 cm³/mol. The number of H-pyrrole nitrogens is 1. The molecule has 1 atom stereocenters. The van der Waals surface area contributed by atoms with E-state index in [1.807, 2.05) is 30.3 Å². The maximum absolute atomic E-state index is 14.0. The summed E-state index contributed by atoms with van der Waals surface area (Å²) in [6.45, 7) is 0.228. The van der Waals surface area contributed by atoms with Crippen LogP contribution in [0.15, 0.2) is 78.9 Å². The average Bonchev–Trinajstić information content (AvgIpc) is 3.53. The molecule has 0 radical (unpaired) electrons. The highest BCUT2D eigenvalue weighted by Crippen LogP contribution is 2.53. The summed E-state index contributed by atoms with van der Waals surface area (Å²) in [5.41, 5.74) is 3.63. The Morgan fingerprint density at radius 1 is 0.840 bits per heavy atom. The van der Waals surface area contributed by atoms with Crippen LogP contribution in [0.2, 0.25) is 0 Å². The number of ether oxygens (including phenoxy) is 1. The summed E-state index contributed by atoms with van der Waals surface area (Å²) in [5, 5.41) is 17.9. The van der Waals surface area contributed by atoms with Crippen LogP contribution in [0.1, 0.15) is 59.4 Å². The summed E-state index contributed by atoms with van der Waals surface area (Å²) < 4.78 is 5.12. The van der Waals surface area contributed by atoms with E-state index in [2.05, 4.69) is 20.9 Å². The number of aliphatic carboxylic acids is 1. The van der Waals surface area contributed by atoms with Crippen molar-refractivity contribution in [2.24, 2.45) is 23.7 Å². The number of rotatable bonds is 12. The van der Waals surface area contributed by atoms with Crippen LogP contribution in [0, 0.1) is 23.7 Å². The summed E-state index contributed by atoms with van der Waals surface area (Å²) in [7, 11) is 0. The monoisotopic (exact) mass is 678 g/mol. The Labute approximate surface area is 290 Å². The van der Waals surface area contributed by atoms with Crippen molar-refractivity contribution < 1.29 is 29.0 Å². The van der Waals surface area contributed by atoms with E-state index < -0.39 is 24.0 Å². The Morgan fingerprint density at radius 3 is 2.20 bits per heavy atom. The van der Waals surface area contributed by atoms with E-state index in [1.165, 1.54) is 32.1 Å². The molecule has 1 aromatic heterocycles. The van der Waals surface area contributed by atoms with Gasteiger partial charge >= 0.3 is 18.1 Å². The van der Waals surface area contributed by atoms with E-state index in [-0.39, 0.29) is 31.8 Å². The molecule has 0 spiro atoms. The fraction of sp³-hybridized carbons (Fsp3) is 0.395. The van der Waals surface area contributed by atoms with Gasteiger partial charge in [-0.15, -0.1) is 0 Å². The van der Waals surface area contributed by atoms with Crippen molar-refractivity contribution in [1.82, 2.24) is 30.8 Å². The number of benzene rings is 3. The van der Waals surface area contributed by atoms with Crippen LogP contribution < -0.4 is 16.0 Å². The number of carbonyl (C=O) groups is 4. The van der Waals surface area contributed by atoms with Gasteiger partial charge in [0.25, 0.3) is 5.91 Å². The smallest absolute Gasteiger partial charge is 0.408 e. The summed E-state index contributed by atoms with van der Waals surface area (Å²) in [4.78, 5) is 60.7. The van der Waals surface area contributed by atoms with E-state index in [1.54, 1.807) is 53.4 Å². The Balaban J connectivity index is 0.975.